The topological polar surface area (TPSA) is 106 Å². The number of carbonyl (C=O) groups is 3. The number of ether oxygens (including phenoxy) is 2. The highest BCUT2D eigenvalue weighted by Gasteiger charge is 2.46. The maximum Gasteiger partial charge on any atom is 0.405 e. The monoisotopic (exact) mass is 525 g/mol. The van der Waals surface area contributed by atoms with Gasteiger partial charge in [0.15, 0.2) is 0 Å². The Morgan fingerprint density at radius 1 is 1.03 bits per heavy atom. The van der Waals surface area contributed by atoms with Crippen molar-refractivity contribution in [3.63, 3.8) is 0 Å². The largest absolute Gasteiger partial charge is 0.416 e. The molecule has 4 rings (SSSR count). The Labute approximate surface area is 209 Å². The number of fused-ring (bicyclic) bond motifs is 2. The number of nitrogens with one attached hydrogen (secondary N) is 3. The van der Waals surface area contributed by atoms with Crippen LogP contribution in [0.4, 0.5) is 18.9 Å². The Balaban J connectivity index is 1.54. The number of rotatable bonds is 5. The molecule has 1 saturated heterocycles. The molecule has 0 unspecified atom stereocenters. The molecule has 2 aliphatic rings. The average molecular weight is 526 g/mol. The summed E-state index contributed by atoms with van der Waals surface area (Å²) in [5, 5.41) is 8.63. The number of benzene rings is 2. The summed E-state index contributed by atoms with van der Waals surface area (Å²) in [6, 6.07) is 9.39. The molecule has 2 aromatic rings. The molecule has 1 fully saturated rings. The summed E-state index contributed by atoms with van der Waals surface area (Å²) in [6.07, 6.45) is -4.13. The Morgan fingerprint density at radius 3 is 2.33 bits per heavy atom. The van der Waals surface area contributed by atoms with Gasteiger partial charge in [0.25, 0.3) is 11.7 Å². The third kappa shape index (κ3) is 5.90. The SMILES string of the molecule is O=C1CCC(=O)OC2(CNCCc3c2ccc(Cl)c3NCc2ccc(C(=O)NCC(F)(F)F)cc2)O1. The number of amides is 1. The second kappa shape index (κ2) is 10.4. The zero-order chi connectivity index (χ0) is 25.9. The molecular weight excluding hydrogens is 503 g/mol. The van der Waals surface area contributed by atoms with Crippen LogP contribution in [-0.2, 0) is 37.8 Å². The molecular formula is C24H23ClF3N3O5. The number of anilines is 1. The second-order valence-electron chi connectivity index (χ2n) is 8.42. The van der Waals surface area contributed by atoms with Crippen molar-refractivity contribution in [2.45, 2.75) is 37.8 Å². The highest BCUT2D eigenvalue weighted by Crippen LogP contribution is 2.40. The first kappa shape index (κ1) is 25.8. The van der Waals surface area contributed by atoms with Gasteiger partial charge in [-0.3, -0.25) is 14.4 Å². The molecule has 0 aliphatic carbocycles. The Morgan fingerprint density at radius 2 is 1.69 bits per heavy atom. The number of esters is 2. The van der Waals surface area contributed by atoms with Crippen molar-refractivity contribution in [3.8, 4) is 0 Å². The van der Waals surface area contributed by atoms with E-state index in [4.69, 9.17) is 21.1 Å². The molecule has 2 aliphatic heterocycles. The van der Waals surface area contributed by atoms with Gasteiger partial charge in [0.1, 0.15) is 6.54 Å². The molecule has 3 N–H and O–H groups in total. The van der Waals surface area contributed by atoms with Crippen LogP contribution in [0, 0.1) is 0 Å². The normalized spacial score (nSPS) is 17.3. The van der Waals surface area contributed by atoms with Crippen LogP contribution in [0.2, 0.25) is 5.02 Å². The van der Waals surface area contributed by atoms with Gasteiger partial charge in [-0.25, -0.2) is 0 Å². The molecule has 0 saturated carbocycles. The summed E-state index contributed by atoms with van der Waals surface area (Å²) < 4.78 is 48.2. The van der Waals surface area contributed by atoms with Gasteiger partial charge in [-0.15, -0.1) is 0 Å². The molecule has 2 aromatic carbocycles. The van der Waals surface area contributed by atoms with E-state index in [0.29, 0.717) is 29.2 Å². The molecule has 0 aromatic heterocycles. The van der Waals surface area contributed by atoms with Crippen molar-refractivity contribution in [2.75, 3.05) is 25.0 Å². The first-order valence-corrected chi connectivity index (χ1v) is 11.6. The van der Waals surface area contributed by atoms with Crippen LogP contribution in [0.15, 0.2) is 36.4 Å². The lowest BCUT2D eigenvalue weighted by Crippen LogP contribution is -2.43. The molecule has 1 spiro atoms. The summed E-state index contributed by atoms with van der Waals surface area (Å²) in [6.45, 7) is -0.522. The summed E-state index contributed by atoms with van der Waals surface area (Å²) in [7, 11) is 0. The molecule has 0 atom stereocenters. The van der Waals surface area contributed by atoms with Crippen LogP contribution in [0.3, 0.4) is 0 Å². The molecule has 192 valence electrons. The number of alkyl halides is 3. The highest BCUT2D eigenvalue weighted by molar-refractivity contribution is 6.33. The zero-order valence-corrected chi connectivity index (χ0v) is 19.7. The summed E-state index contributed by atoms with van der Waals surface area (Å²) >= 11 is 6.49. The predicted octanol–water partition coefficient (Wildman–Crippen LogP) is 3.42. The molecule has 8 nitrogen and oxygen atoms in total. The molecule has 2 heterocycles. The van der Waals surface area contributed by atoms with Crippen molar-refractivity contribution in [1.29, 1.82) is 0 Å². The van der Waals surface area contributed by atoms with Gasteiger partial charge in [-0.1, -0.05) is 23.7 Å². The average Bonchev–Trinajstić information content (AvgIpc) is 3.09. The fourth-order valence-corrected chi connectivity index (χ4v) is 4.36. The molecule has 0 radical (unpaired) electrons. The van der Waals surface area contributed by atoms with Crippen molar-refractivity contribution in [1.82, 2.24) is 10.6 Å². The van der Waals surface area contributed by atoms with Gasteiger partial charge in [0.2, 0.25) is 0 Å². The Kier molecular flexibility index (Phi) is 7.41. The van der Waals surface area contributed by atoms with Crippen LogP contribution in [0.5, 0.6) is 0 Å². The number of halogens is 4. The van der Waals surface area contributed by atoms with Gasteiger partial charge in [-0.05, 0) is 48.4 Å². The number of hydrogen-bond donors (Lipinski definition) is 3. The van der Waals surface area contributed by atoms with Gasteiger partial charge in [0, 0.05) is 17.7 Å². The fraction of sp³-hybridized carbons (Fsp3) is 0.375. The standard InChI is InChI=1S/C24H23ClF3N3O5/c25-18-6-5-17-16(9-10-29-12-23(17)35-19(32)7-8-20(33)36-23)21(18)30-11-14-1-3-15(4-2-14)22(34)31-13-24(26,27)28/h1-6,29-30H,7-13H2,(H,31,34). The Hall–Kier alpha value is -3.31. The molecule has 1 amide bonds. The van der Waals surface area contributed by atoms with Crippen molar-refractivity contribution in [3.05, 3.63) is 63.7 Å². The maximum absolute atomic E-state index is 12.3. The van der Waals surface area contributed by atoms with Crippen molar-refractivity contribution >= 4 is 35.1 Å². The lowest BCUT2D eigenvalue weighted by molar-refractivity contribution is -0.225. The zero-order valence-electron chi connectivity index (χ0n) is 19.0. The number of carbonyl (C=O) groups excluding carboxylic acids is 3. The summed E-state index contributed by atoms with van der Waals surface area (Å²) in [4.78, 5) is 36.4. The van der Waals surface area contributed by atoms with Gasteiger partial charge in [0.05, 0.1) is 30.1 Å². The van der Waals surface area contributed by atoms with Gasteiger partial charge in [-0.2, -0.15) is 13.2 Å². The minimum absolute atomic E-state index is 0.0706. The lowest BCUT2D eigenvalue weighted by Gasteiger charge is -2.32. The van der Waals surface area contributed by atoms with E-state index in [9.17, 15) is 27.6 Å². The van der Waals surface area contributed by atoms with Crippen LogP contribution in [-0.4, -0.2) is 43.7 Å². The third-order valence-electron chi connectivity index (χ3n) is 5.81. The lowest BCUT2D eigenvalue weighted by atomic mass is 9.96. The molecule has 12 heteroatoms. The minimum atomic E-state index is -4.49. The summed E-state index contributed by atoms with van der Waals surface area (Å²) in [5.74, 6) is -3.52. The molecule has 36 heavy (non-hydrogen) atoms. The van der Waals surface area contributed by atoms with Crippen molar-refractivity contribution in [2.24, 2.45) is 0 Å². The molecule has 0 bridgehead atoms. The van der Waals surface area contributed by atoms with Gasteiger partial charge < -0.3 is 25.4 Å². The third-order valence-corrected chi connectivity index (χ3v) is 6.12. The first-order chi connectivity index (χ1) is 17.1. The first-order valence-electron chi connectivity index (χ1n) is 11.2. The van der Waals surface area contributed by atoms with Crippen LogP contribution in [0.1, 0.15) is 39.9 Å². The quantitative estimate of drug-likeness (QED) is 0.514. The predicted molar refractivity (Wildman–Crippen MR) is 123 cm³/mol. The van der Waals surface area contributed by atoms with E-state index in [1.807, 2.05) is 5.32 Å². The summed E-state index contributed by atoms with van der Waals surface area (Å²) in [5.41, 5.74) is 2.64. The van der Waals surface area contributed by atoms with E-state index in [2.05, 4.69) is 10.6 Å². The fourth-order valence-electron chi connectivity index (χ4n) is 4.11. The highest BCUT2D eigenvalue weighted by atomic mass is 35.5. The van der Waals surface area contributed by atoms with Crippen LogP contribution >= 0.6 is 11.6 Å². The Bertz CT molecular complexity index is 1150. The van der Waals surface area contributed by atoms with Crippen molar-refractivity contribution < 1.29 is 37.0 Å². The minimum Gasteiger partial charge on any atom is -0.416 e. The van der Waals surface area contributed by atoms with E-state index < -0.39 is 36.4 Å². The van der Waals surface area contributed by atoms with E-state index in [-0.39, 0.29) is 31.5 Å². The van der Waals surface area contributed by atoms with Crippen LogP contribution < -0.4 is 16.0 Å². The van der Waals surface area contributed by atoms with E-state index in [1.165, 1.54) is 12.1 Å². The van der Waals surface area contributed by atoms with Gasteiger partial charge >= 0.3 is 18.1 Å². The van der Waals surface area contributed by atoms with E-state index in [0.717, 1.165) is 11.1 Å². The van der Waals surface area contributed by atoms with E-state index >= 15 is 0 Å². The maximum atomic E-state index is 12.3. The van der Waals surface area contributed by atoms with E-state index in [1.54, 1.807) is 24.3 Å². The van der Waals surface area contributed by atoms with Crippen LogP contribution in [0.25, 0.3) is 0 Å². The second-order valence-corrected chi connectivity index (χ2v) is 8.83. The smallest absolute Gasteiger partial charge is 0.405 e. The number of hydrogen-bond acceptors (Lipinski definition) is 7.